The maximum atomic E-state index is 10.2. The number of aromatic nitrogens is 1. The Bertz CT molecular complexity index is 275. The Morgan fingerprint density at radius 3 is 3.17 bits per heavy atom. The molecule has 0 N–H and O–H groups in total. The average Bonchev–Trinajstić information content (AvgIpc) is 2.48. The molecule has 1 aromatic rings. The van der Waals surface area contributed by atoms with Gasteiger partial charge in [0.1, 0.15) is 0 Å². The second-order valence-corrected chi connectivity index (χ2v) is 3.46. The summed E-state index contributed by atoms with van der Waals surface area (Å²) in [7, 11) is 0. The first-order valence-corrected chi connectivity index (χ1v) is 4.95. The highest BCUT2D eigenvalue weighted by molar-refractivity contribution is 7.93. The minimum absolute atomic E-state index is 0.0882. The molecule has 0 aliphatic carbocycles. The van der Waals surface area contributed by atoms with Gasteiger partial charge in [0, 0.05) is 6.26 Å². The van der Waals surface area contributed by atoms with Gasteiger partial charge in [0.25, 0.3) is 0 Å². The summed E-state index contributed by atoms with van der Waals surface area (Å²) < 4.78 is 4.98. The quantitative estimate of drug-likeness (QED) is 0.427. The van der Waals surface area contributed by atoms with Gasteiger partial charge < -0.3 is 14.3 Å². The number of rotatable bonds is 4. The Labute approximate surface area is 77.1 Å². The van der Waals surface area contributed by atoms with E-state index in [-0.39, 0.29) is 5.13 Å². The highest BCUT2D eigenvalue weighted by Crippen LogP contribution is 2.21. The van der Waals surface area contributed by atoms with E-state index >= 15 is 0 Å². The fourth-order valence-corrected chi connectivity index (χ4v) is 1.52. The van der Waals surface area contributed by atoms with E-state index in [0.717, 1.165) is 16.2 Å². The van der Waals surface area contributed by atoms with E-state index in [1.807, 2.05) is 0 Å². The first-order chi connectivity index (χ1) is 5.74. The highest BCUT2D eigenvalue weighted by atomic mass is 32.2. The lowest BCUT2D eigenvalue weighted by molar-refractivity contribution is -0.384. The lowest BCUT2D eigenvalue weighted by Crippen LogP contribution is -1.83. The van der Waals surface area contributed by atoms with Gasteiger partial charge in [-0.2, -0.15) is 0 Å². The van der Waals surface area contributed by atoms with Crippen molar-refractivity contribution < 1.29 is 9.11 Å². The van der Waals surface area contributed by atoms with Crippen LogP contribution in [0.3, 0.4) is 0 Å². The second kappa shape index (κ2) is 4.39. The van der Waals surface area contributed by atoms with Crippen LogP contribution in [-0.4, -0.2) is 16.2 Å². The molecule has 5 nitrogen and oxygen atoms in total. The van der Waals surface area contributed by atoms with Crippen LogP contribution in [0.2, 0.25) is 0 Å². The van der Waals surface area contributed by atoms with Gasteiger partial charge in [0.15, 0.2) is 6.20 Å². The van der Waals surface area contributed by atoms with Crippen LogP contribution in [0, 0.1) is 10.1 Å². The molecule has 0 amide bonds. The summed E-state index contributed by atoms with van der Waals surface area (Å²) in [5.41, 5.74) is 0. The molecule has 1 rings (SSSR count). The van der Waals surface area contributed by atoms with Crippen LogP contribution in [0.1, 0.15) is 4.88 Å². The van der Waals surface area contributed by atoms with Gasteiger partial charge in [-0.05, 0) is 33.3 Å². The van der Waals surface area contributed by atoms with Crippen LogP contribution in [-0.2, 0) is 10.8 Å². The largest absolute Gasteiger partial charge is 0.423 e. The van der Waals surface area contributed by atoms with Crippen LogP contribution in [0.4, 0.5) is 5.13 Å². The molecule has 7 heteroatoms. The molecule has 0 unspecified atom stereocenters. The predicted molar refractivity (Wildman–Crippen MR) is 47.1 cm³/mol. The maximum Gasteiger partial charge on any atom is 0.423 e. The van der Waals surface area contributed by atoms with E-state index in [2.05, 4.69) is 4.98 Å². The molecule has 0 saturated heterocycles. The third-order valence-corrected chi connectivity index (χ3v) is 2.29. The van der Waals surface area contributed by atoms with E-state index in [1.165, 1.54) is 18.2 Å². The van der Waals surface area contributed by atoms with Crippen molar-refractivity contribution in [1.29, 1.82) is 0 Å². The summed E-state index contributed by atoms with van der Waals surface area (Å²) in [6, 6.07) is 0. The molecule has 0 bridgehead atoms. The molecule has 1 heterocycles. The van der Waals surface area contributed by atoms with Gasteiger partial charge in [-0.25, -0.2) is 0 Å². The summed E-state index contributed by atoms with van der Waals surface area (Å²) in [5.74, 6) is 0. The third kappa shape index (κ3) is 2.43. The van der Waals surface area contributed by atoms with Gasteiger partial charge in [-0.1, -0.05) is 0 Å². The number of thiazole rings is 1. The lowest BCUT2D eigenvalue weighted by atomic mass is 10.6. The topological polar surface area (TPSA) is 65.3 Å². The van der Waals surface area contributed by atoms with E-state index in [1.54, 1.807) is 6.26 Å². The van der Waals surface area contributed by atoms with Gasteiger partial charge in [-0.15, -0.1) is 0 Å². The van der Waals surface area contributed by atoms with Crippen molar-refractivity contribution in [3.63, 3.8) is 0 Å². The summed E-state index contributed by atoms with van der Waals surface area (Å²) in [6.45, 7) is 0.368. The van der Waals surface area contributed by atoms with Crippen molar-refractivity contribution >= 4 is 28.5 Å². The maximum absolute atomic E-state index is 10.2. The van der Waals surface area contributed by atoms with Crippen molar-refractivity contribution in [3.05, 3.63) is 21.2 Å². The Morgan fingerprint density at radius 2 is 2.67 bits per heavy atom. The van der Waals surface area contributed by atoms with E-state index < -0.39 is 4.92 Å². The summed E-state index contributed by atoms with van der Waals surface area (Å²) in [4.78, 5) is 14.0. The fraction of sp³-hybridized carbons (Fsp3) is 0.400. The molecule has 12 heavy (non-hydrogen) atoms. The third-order valence-electron chi connectivity index (χ3n) is 1.02. The van der Waals surface area contributed by atoms with Crippen molar-refractivity contribution in [2.45, 2.75) is 6.61 Å². The number of hydrogen-bond acceptors (Lipinski definition) is 6. The van der Waals surface area contributed by atoms with Crippen molar-refractivity contribution in [3.8, 4) is 0 Å². The number of hydrogen-bond donors (Lipinski definition) is 0. The minimum Gasteiger partial charge on any atom is -0.357 e. The van der Waals surface area contributed by atoms with E-state index in [0.29, 0.717) is 6.61 Å². The summed E-state index contributed by atoms with van der Waals surface area (Å²) in [5, 5.41) is 10.1. The molecule has 66 valence electrons. The Kier molecular flexibility index (Phi) is 3.45. The van der Waals surface area contributed by atoms with E-state index in [9.17, 15) is 10.1 Å². The normalized spacial score (nSPS) is 10.1. The van der Waals surface area contributed by atoms with Crippen molar-refractivity contribution in [2.75, 3.05) is 6.26 Å². The molecule has 0 saturated carbocycles. The zero-order chi connectivity index (χ0) is 8.97. The molecule has 0 aromatic carbocycles. The minimum atomic E-state index is -0.507. The summed E-state index contributed by atoms with van der Waals surface area (Å²) >= 11 is 2.26. The zero-order valence-electron chi connectivity index (χ0n) is 6.22. The molecule has 0 radical (unpaired) electrons. The standard InChI is InChI=1S/C5H6N2O3S2/c1-11-10-3-4-2-6-5(12-4)7(8)9/h2H,3H2,1H3. The Hall–Kier alpha value is -0.660. The van der Waals surface area contributed by atoms with Gasteiger partial charge in [-0.3, -0.25) is 0 Å². The molecule has 0 aliphatic heterocycles. The van der Waals surface area contributed by atoms with Gasteiger partial charge in [0.2, 0.25) is 0 Å². The average molecular weight is 206 g/mol. The zero-order valence-corrected chi connectivity index (χ0v) is 7.85. The SMILES string of the molecule is CSOCc1cnc([N+](=O)[O-])s1. The van der Waals surface area contributed by atoms with Crippen molar-refractivity contribution in [1.82, 2.24) is 4.98 Å². The molecular weight excluding hydrogens is 200 g/mol. The van der Waals surface area contributed by atoms with Crippen LogP contribution >= 0.6 is 23.4 Å². The predicted octanol–water partition coefficient (Wildman–Crippen LogP) is 1.85. The highest BCUT2D eigenvalue weighted by Gasteiger charge is 2.12. The molecule has 0 atom stereocenters. The molecule has 0 aliphatic rings. The lowest BCUT2D eigenvalue weighted by Gasteiger charge is -1.91. The van der Waals surface area contributed by atoms with Crippen LogP contribution in [0.5, 0.6) is 0 Å². The molecule has 0 spiro atoms. The molecule has 0 fully saturated rings. The fourth-order valence-electron chi connectivity index (χ4n) is 0.565. The van der Waals surface area contributed by atoms with Gasteiger partial charge in [0.05, 0.1) is 11.5 Å². The monoisotopic (exact) mass is 206 g/mol. The smallest absolute Gasteiger partial charge is 0.357 e. The number of nitrogens with zero attached hydrogens (tertiary/aromatic N) is 2. The first-order valence-electron chi connectivity index (χ1n) is 2.98. The molecule has 1 aromatic heterocycles. The Morgan fingerprint density at radius 1 is 1.92 bits per heavy atom. The van der Waals surface area contributed by atoms with Crippen LogP contribution < -0.4 is 0 Å². The van der Waals surface area contributed by atoms with Gasteiger partial charge >= 0.3 is 5.13 Å². The Balaban J connectivity index is 2.58. The molecular formula is C5H6N2O3S2. The van der Waals surface area contributed by atoms with Crippen molar-refractivity contribution in [2.24, 2.45) is 0 Å². The van der Waals surface area contributed by atoms with E-state index in [4.69, 9.17) is 4.18 Å². The number of nitro groups is 1. The summed E-state index contributed by atoms with van der Waals surface area (Å²) in [6.07, 6.45) is 3.24. The van der Waals surface area contributed by atoms with Crippen LogP contribution in [0.25, 0.3) is 0 Å². The second-order valence-electron chi connectivity index (χ2n) is 1.80. The first kappa shape index (κ1) is 9.43. The van der Waals surface area contributed by atoms with Crippen LogP contribution in [0.15, 0.2) is 6.20 Å².